The molecule has 1 N–H and O–H groups in total. The molecule has 3 rings (SSSR count). The molecule has 0 aliphatic carbocycles. The van der Waals surface area contributed by atoms with Crippen LogP contribution in [-0.4, -0.2) is 11.6 Å². The quantitative estimate of drug-likeness (QED) is 0.936. The summed E-state index contributed by atoms with van der Waals surface area (Å²) in [5.74, 6) is -0.211. The summed E-state index contributed by atoms with van der Waals surface area (Å²) in [5.41, 5.74) is 3.36. The SMILES string of the molecule is Cc1ccc(NC(=O)C2=NOC(c3ccccc3)C2)cc1. The molecule has 2 aromatic carbocycles. The lowest BCUT2D eigenvalue weighted by atomic mass is 10.0. The number of nitrogens with one attached hydrogen (secondary N) is 1. The maximum atomic E-state index is 12.2. The van der Waals surface area contributed by atoms with E-state index in [0.29, 0.717) is 12.1 Å². The lowest BCUT2D eigenvalue weighted by molar-refractivity contribution is -0.110. The van der Waals surface area contributed by atoms with Gasteiger partial charge in [-0.05, 0) is 24.6 Å². The Balaban J connectivity index is 1.63. The minimum absolute atomic E-state index is 0.176. The van der Waals surface area contributed by atoms with Gasteiger partial charge in [0.2, 0.25) is 0 Å². The van der Waals surface area contributed by atoms with E-state index in [1.165, 1.54) is 0 Å². The van der Waals surface area contributed by atoms with Crippen LogP contribution in [0.2, 0.25) is 0 Å². The molecule has 1 heterocycles. The number of nitrogens with zero attached hydrogens (tertiary/aromatic N) is 1. The fourth-order valence-electron chi connectivity index (χ4n) is 2.20. The summed E-state index contributed by atoms with van der Waals surface area (Å²) in [7, 11) is 0. The number of hydrogen-bond acceptors (Lipinski definition) is 3. The van der Waals surface area contributed by atoms with E-state index in [0.717, 1.165) is 16.8 Å². The highest BCUT2D eigenvalue weighted by Gasteiger charge is 2.27. The maximum absolute atomic E-state index is 12.2. The van der Waals surface area contributed by atoms with E-state index >= 15 is 0 Å². The van der Waals surface area contributed by atoms with E-state index in [2.05, 4.69) is 10.5 Å². The normalized spacial score (nSPS) is 17.0. The number of amides is 1. The van der Waals surface area contributed by atoms with E-state index in [-0.39, 0.29) is 12.0 Å². The number of oxime groups is 1. The first-order valence-corrected chi connectivity index (χ1v) is 6.88. The van der Waals surface area contributed by atoms with Gasteiger partial charge in [0.05, 0.1) is 0 Å². The largest absolute Gasteiger partial charge is 0.387 e. The van der Waals surface area contributed by atoms with Crippen molar-refractivity contribution in [2.75, 3.05) is 5.32 Å². The van der Waals surface area contributed by atoms with Crippen LogP contribution < -0.4 is 5.32 Å². The summed E-state index contributed by atoms with van der Waals surface area (Å²) in [6, 6.07) is 17.4. The summed E-state index contributed by atoms with van der Waals surface area (Å²) in [6.07, 6.45) is 0.312. The average molecular weight is 280 g/mol. The molecule has 0 saturated carbocycles. The molecule has 4 nitrogen and oxygen atoms in total. The Labute approximate surface area is 123 Å². The van der Waals surface area contributed by atoms with Crippen LogP contribution in [-0.2, 0) is 9.63 Å². The zero-order valence-corrected chi connectivity index (χ0v) is 11.7. The molecular formula is C17H16N2O2. The molecule has 4 heteroatoms. The average Bonchev–Trinajstić information content (AvgIpc) is 3.00. The van der Waals surface area contributed by atoms with Crippen molar-refractivity contribution in [3.05, 3.63) is 65.7 Å². The molecule has 1 atom stereocenters. The van der Waals surface area contributed by atoms with Crippen LogP contribution in [0.5, 0.6) is 0 Å². The monoisotopic (exact) mass is 280 g/mol. The lowest BCUT2D eigenvalue weighted by Gasteiger charge is -2.07. The topological polar surface area (TPSA) is 50.7 Å². The van der Waals surface area contributed by atoms with E-state index in [1.807, 2.05) is 61.5 Å². The Morgan fingerprint density at radius 2 is 1.86 bits per heavy atom. The van der Waals surface area contributed by atoms with Crippen LogP contribution >= 0.6 is 0 Å². The van der Waals surface area contributed by atoms with Crippen molar-refractivity contribution in [2.24, 2.45) is 5.16 Å². The zero-order valence-electron chi connectivity index (χ0n) is 11.7. The second kappa shape index (κ2) is 5.79. The highest BCUT2D eigenvalue weighted by atomic mass is 16.6. The number of anilines is 1. The van der Waals surface area contributed by atoms with Crippen molar-refractivity contribution in [1.82, 2.24) is 0 Å². The van der Waals surface area contributed by atoms with Gasteiger partial charge in [-0.2, -0.15) is 0 Å². The number of carbonyl (C=O) groups is 1. The predicted molar refractivity (Wildman–Crippen MR) is 82.1 cm³/mol. The summed E-state index contributed by atoms with van der Waals surface area (Å²) in [5, 5.41) is 6.75. The number of rotatable bonds is 3. The summed E-state index contributed by atoms with van der Waals surface area (Å²) >= 11 is 0. The minimum atomic E-state index is -0.211. The van der Waals surface area contributed by atoms with Gasteiger partial charge in [-0.15, -0.1) is 0 Å². The molecule has 1 aliphatic heterocycles. The van der Waals surface area contributed by atoms with Gasteiger partial charge in [-0.25, -0.2) is 0 Å². The van der Waals surface area contributed by atoms with E-state index in [4.69, 9.17) is 4.84 Å². The van der Waals surface area contributed by atoms with Crippen LogP contribution in [0.3, 0.4) is 0 Å². The molecule has 1 aliphatic rings. The minimum Gasteiger partial charge on any atom is -0.387 e. The molecule has 0 aromatic heterocycles. The maximum Gasteiger partial charge on any atom is 0.273 e. The van der Waals surface area contributed by atoms with Crippen molar-refractivity contribution >= 4 is 17.3 Å². The molecule has 106 valence electrons. The summed E-state index contributed by atoms with van der Waals surface area (Å²) in [4.78, 5) is 17.5. The molecule has 0 spiro atoms. The summed E-state index contributed by atoms with van der Waals surface area (Å²) < 4.78 is 0. The predicted octanol–water partition coefficient (Wildman–Crippen LogP) is 3.45. The van der Waals surface area contributed by atoms with E-state index < -0.39 is 0 Å². The van der Waals surface area contributed by atoms with Crippen LogP contribution in [0.1, 0.15) is 23.7 Å². The third-order valence-electron chi connectivity index (χ3n) is 3.41. The van der Waals surface area contributed by atoms with Crippen LogP contribution in [0, 0.1) is 6.92 Å². The van der Waals surface area contributed by atoms with Gasteiger partial charge in [0.25, 0.3) is 5.91 Å². The Hall–Kier alpha value is -2.62. The van der Waals surface area contributed by atoms with Crippen LogP contribution in [0.25, 0.3) is 0 Å². The number of hydrogen-bond donors (Lipinski definition) is 1. The van der Waals surface area contributed by atoms with Gasteiger partial charge < -0.3 is 10.2 Å². The third kappa shape index (κ3) is 3.11. The zero-order chi connectivity index (χ0) is 14.7. The number of benzene rings is 2. The Kier molecular flexibility index (Phi) is 3.69. The highest BCUT2D eigenvalue weighted by Crippen LogP contribution is 2.27. The van der Waals surface area contributed by atoms with Gasteiger partial charge in [-0.3, -0.25) is 4.79 Å². The van der Waals surface area contributed by atoms with Crippen molar-refractivity contribution < 1.29 is 9.63 Å². The van der Waals surface area contributed by atoms with Gasteiger partial charge >= 0.3 is 0 Å². The molecule has 1 amide bonds. The van der Waals surface area contributed by atoms with Crippen molar-refractivity contribution in [3.8, 4) is 0 Å². The first-order valence-electron chi connectivity index (χ1n) is 6.88. The molecule has 21 heavy (non-hydrogen) atoms. The van der Waals surface area contributed by atoms with Gasteiger partial charge in [0, 0.05) is 12.1 Å². The smallest absolute Gasteiger partial charge is 0.273 e. The molecule has 0 bridgehead atoms. The van der Waals surface area contributed by atoms with Gasteiger partial charge in [0.15, 0.2) is 6.10 Å². The third-order valence-corrected chi connectivity index (χ3v) is 3.41. The second-order valence-electron chi connectivity index (χ2n) is 5.07. The first kappa shape index (κ1) is 13.4. The molecule has 0 saturated heterocycles. The standard InChI is InChI=1S/C17H16N2O2/c1-12-7-9-14(10-8-12)18-17(20)15-11-16(21-19-15)13-5-3-2-4-6-13/h2-10,16H,11H2,1H3,(H,18,20). The number of aryl methyl sites for hydroxylation is 1. The fraction of sp³-hybridized carbons (Fsp3) is 0.176. The van der Waals surface area contributed by atoms with Gasteiger partial charge in [-0.1, -0.05) is 53.2 Å². The number of carbonyl (C=O) groups excluding carboxylic acids is 1. The lowest BCUT2D eigenvalue weighted by Crippen LogP contribution is -2.21. The Morgan fingerprint density at radius 3 is 2.57 bits per heavy atom. The van der Waals surface area contributed by atoms with E-state index in [1.54, 1.807) is 0 Å². The fourth-order valence-corrected chi connectivity index (χ4v) is 2.20. The summed E-state index contributed by atoms with van der Waals surface area (Å²) in [6.45, 7) is 2.00. The highest BCUT2D eigenvalue weighted by molar-refractivity contribution is 6.43. The molecular weight excluding hydrogens is 264 g/mol. The van der Waals surface area contributed by atoms with Crippen molar-refractivity contribution in [3.63, 3.8) is 0 Å². The van der Waals surface area contributed by atoms with Crippen LogP contribution in [0.15, 0.2) is 59.8 Å². The molecule has 1 unspecified atom stereocenters. The molecule has 2 aromatic rings. The Morgan fingerprint density at radius 1 is 1.14 bits per heavy atom. The molecule has 0 radical (unpaired) electrons. The second-order valence-corrected chi connectivity index (χ2v) is 5.07. The van der Waals surface area contributed by atoms with Crippen molar-refractivity contribution in [2.45, 2.75) is 19.4 Å². The first-order chi connectivity index (χ1) is 10.2. The van der Waals surface area contributed by atoms with E-state index in [9.17, 15) is 4.79 Å². The molecule has 0 fully saturated rings. The van der Waals surface area contributed by atoms with Crippen LogP contribution in [0.4, 0.5) is 5.69 Å². The van der Waals surface area contributed by atoms with Crippen molar-refractivity contribution in [1.29, 1.82) is 0 Å². The van der Waals surface area contributed by atoms with Gasteiger partial charge in [0.1, 0.15) is 5.71 Å². The Bertz CT molecular complexity index is 663.